The number of carbonyl (C=O) groups is 3. The van der Waals surface area contributed by atoms with Crippen LogP contribution in [0.4, 0.5) is 0 Å². The third-order valence-corrected chi connectivity index (χ3v) is 7.85. The minimum absolute atomic E-state index is 0.0289. The van der Waals surface area contributed by atoms with Gasteiger partial charge in [-0.1, -0.05) is 38.1 Å². The highest BCUT2D eigenvalue weighted by Gasteiger charge is 2.43. The molecule has 0 fully saturated rings. The Balaban J connectivity index is 1.94. The fourth-order valence-corrected chi connectivity index (χ4v) is 5.45. The Labute approximate surface area is 206 Å². The summed E-state index contributed by atoms with van der Waals surface area (Å²) >= 11 is 0. The van der Waals surface area contributed by atoms with Crippen molar-refractivity contribution in [3.63, 3.8) is 0 Å². The van der Waals surface area contributed by atoms with Gasteiger partial charge in [0, 0.05) is 12.6 Å². The van der Waals surface area contributed by atoms with E-state index in [-0.39, 0.29) is 29.0 Å². The number of nitrogens with one attached hydrogen (secondary N) is 1. The number of benzene rings is 2. The van der Waals surface area contributed by atoms with Gasteiger partial charge in [0.2, 0.25) is 11.8 Å². The molecule has 2 atom stereocenters. The van der Waals surface area contributed by atoms with E-state index in [0.717, 1.165) is 0 Å². The summed E-state index contributed by atoms with van der Waals surface area (Å²) in [7, 11) is -2.64. The summed E-state index contributed by atoms with van der Waals surface area (Å²) in [6, 6.07) is 12.0. The number of methoxy groups -OCH3 is 1. The highest BCUT2D eigenvalue weighted by Crippen LogP contribution is 2.30. The number of amides is 3. The number of fused-ring (bicyclic) bond motifs is 1. The molecule has 1 N–H and O–H groups in total. The van der Waals surface area contributed by atoms with Gasteiger partial charge in [-0.15, -0.1) is 0 Å². The molecule has 188 valence electrons. The first-order chi connectivity index (χ1) is 16.6. The zero-order valence-corrected chi connectivity index (χ0v) is 21.2. The van der Waals surface area contributed by atoms with E-state index in [1.165, 1.54) is 30.2 Å². The van der Waals surface area contributed by atoms with E-state index in [2.05, 4.69) is 5.32 Å². The topological polar surface area (TPSA) is 113 Å². The Kier molecular flexibility index (Phi) is 8.16. The normalized spacial score (nSPS) is 15.8. The Morgan fingerprint density at radius 3 is 2.43 bits per heavy atom. The lowest BCUT2D eigenvalue weighted by atomic mass is 10.1. The van der Waals surface area contributed by atoms with Crippen molar-refractivity contribution in [1.29, 1.82) is 0 Å². The van der Waals surface area contributed by atoms with Crippen LogP contribution in [-0.2, 0) is 26.2 Å². The van der Waals surface area contributed by atoms with Crippen molar-refractivity contribution in [3.8, 4) is 5.75 Å². The first kappa shape index (κ1) is 26.2. The van der Waals surface area contributed by atoms with Gasteiger partial charge in [0.15, 0.2) is 0 Å². The Bertz CT molecular complexity index is 1210. The maximum atomic E-state index is 13.6. The van der Waals surface area contributed by atoms with Gasteiger partial charge in [-0.3, -0.25) is 14.4 Å². The molecule has 2 aromatic carbocycles. The number of ether oxygens (including phenoxy) is 1. The van der Waals surface area contributed by atoms with E-state index in [1.807, 2.05) is 13.8 Å². The molecule has 0 radical (unpaired) electrons. The number of sulfonamides is 1. The van der Waals surface area contributed by atoms with Crippen molar-refractivity contribution in [3.05, 3.63) is 59.7 Å². The third kappa shape index (κ3) is 5.48. The molecule has 2 aromatic rings. The number of hydrogen-bond acceptors (Lipinski definition) is 6. The molecule has 0 spiro atoms. The maximum absolute atomic E-state index is 13.6. The van der Waals surface area contributed by atoms with E-state index in [4.69, 9.17) is 4.74 Å². The number of hydrogen-bond donors (Lipinski definition) is 1. The summed E-state index contributed by atoms with van der Waals surface area (Å²) in [4.78, 5) is 40.7. The molecule has 0 saturated carbocycles. The van der Waals surface area contributed by atoms with Gasteiger partial charge < -0.3 is 15.0 Å². The van der Waals surface area contributed by atoms with Crippen molar-refractivity contribution in [2.24, 2.45) is 0 Å². The molecular weight excluding hydrogens is 470 g/mol. The second kappa shape index (κ2) is 10.9. The molecule has 0 bridgehead atoms. The summed E-state index contributed by atoms with van der Waals surface area (Å²) in [6.45, 7) is 4.92. The van der Waals surface area contributed by atoms with Gasteiger partial charge in [0.05, 0.1) is 12.7 Å². The molecule has 0 saturated heterocycles. The average Bonchev–Trinajstić information content (AvgIpc) is 3.04. The average molecular weight is 502 g/mol. The lowest BCUT2D eigenvalue weighted by molar-refractivity contribution is -0.141. The standard InChI is InChI=1S/C25H31N3O6S/c1-5-17(3)26-24(30)21(6-2)27(15-18-10-9-11-19(14-18)34-4)23(29)16-28-25(31)20-12-7-8-13-22(20)35(28,32)33/h7-14,17,21H,5-6,15-16H2,1-4H3,(H,26,30). The van der Waals surface area contributed by atoms with Crippen LogP contribution < -0.4 is 10.1 Å². The first-order valence-electron chi connectivity index (χ1n) is 11.5. The molecule has 3 amide bonds. The number of nitrogens with zero attached hydrogens (tertiary/aromatic N) is 2. The zero-order chi connectivity index (χ0) is 25.8. The van der Waals surface area contributed by atoms with Gasteiger partial charge in [-0.05, 0) is 49.6 Å². The van der Waals surface area contributed by atoms with Crippen molar-refractivity contribution < 1.29 is 27.5 Å². The predicted molar refractivity (Wildman–Crippen MR) is 130 cm³/mol. The lowest BCUT2D eigenvalue weighted by Crippen LogP contribution is -2.53. The number of rotatable bonds is 10. The second-order valence-electron chi connectivity index (χ2n) is 8.43. The van der Waals surface area contributed by atoms with E-state index in [9.17, 15) is 22.8 Å². The summed E-state index contributed by atoms with van der Waals surface area (Å²) in [6.07, 6.45) is 1.02. The van der Waals surface area contributed by atoms with Gasteiger partial charge in [0.25, 0.3) is 15.9 Å². The highest BCUT2D eigenvalue weighted by molar-refractivity contribution is 7.90. The molecule has 0 aliphatic carbocycles. The van der Waals surface area contributed by atoms with Crippen LogP contribution in [0.15, 0.2) is 53.4 Å². The SMILES string of the molecule is CCC(C)NC(=O)C(CC)N(Cc1cccc(OC)c1)C(=O)CN1C(=O)c2ccccc2S1(=O)=O. The Morgan fingerprint density at radius 1 is 1.09 bits per heavy atom. The van der Waals surface area contributed by atoms with Crippen LogP contribution in [0, 0.1) is 0 Å². The van der Waals surface area contributed by atoms with E-state index in [1.54, 1.807) is 37.3 Å². The fourth-order valence-electron chi connectivity index (χ4n) is 3.93. The van der Waals surface area contributed by atoms with Crippen LogP contribution in [0.2, 0.25) is 0 Å². The Morgan fingerprint density at radius 2 is 1.80 bits per heavy atom. The van der Waals surface area contributed by atoms with Gasteiger partial charge in [-0.2, -0.15) is 0 Å². The molecule has 2 unspecified atom stereocenters. The minimum atomic E-state index is -4.17. The first-order valence-corrected chi connectivity index (χ1v) is 13.0. The summed E-state index contributed by atoms with van der Waals surface area (Å²) in [5.74, 6) is -1.16. The van der Waals surface area contributed by atoms with Crippen LogP contribution >= 0.6 is 0 Å². The van der Waals surface area contributed by atoms with Crippen LogP contribution in [-0.4, -0.2) is 61.1 Å². The predicted octanol–water partition coefficient (Wildman–Crippen LogP) is 2.56. The van der Waals surface area contributed by atoms with Crippen LogP contribution in [0.5, 0.6) is 5.75 Å². The van der Waals surface area contributed by atoms with Gasteiger partial charge in [0.1, 0.15) is 23.2 Å². The molecule has 10 heteroatoms. The largest absolute Gasteiger partial charge is 0.497 e. The summed E-state index contributed by atoms with van der Waals surface area (Å²) in [5.41, 5.74) is 0.729. The molecular formula is C25H31N3O6S. The smallest absolute Gasteiger partial charge is 0.269 e. The molecule has 3 rings (SSSR count). The number of carbonyl (C=O) groups excluding carboxylic acids is 3. The third-order valence-electron chi connectivity index (χ3n) is 6.06. The van der Waals surface area contributed by atoms with Crippen molar-refractivity contribution in [1.82, 2.24) is 14.5 Å². The molecule has 1 aliphatic rings. The lowest BCUT2D eigenvalue weighted by Gasteiger charge is -2.32. The minimum Gasteiger partial charge on any atom is -0.497 e. The van der Waals surface area contributed by atoms with Crippen molar-refractivity contribution in [2.75, 3.05) is 13.7 Å². The maximum Gasteiger partial charge on any atom is 0.269 e. The molecule has 9 nitrogen and oxygen atoms in total. The molecule has 35 heavy (non-hydrogen) atoms. The van der Waals surface area contributed by atoms with Gasteiger partial charge >= 0.3 is 0 Å². The van der Waals surface area contributed by atoms with Crippen LogP contribution in [0.1, 0.15) is 49.5 Å². The Hall–Kier alpha value is -3.40. The quantitative estimate of drug-likeness (QED) is 0.535. The second-order valence-corrected chi connectivity index (χ2v) is 10.3. The van der Waals surface area contributed by atoms with Gasteiger partial charge in [-0.25, -0.2) is 12.7 Å². The molecule has 1 aliphatic heterocycles. The van der Waals surface area contributed by atoms with Crippen LogP contribution in [0.3, 0.4) is 0 Å². The monoisotopic (exact) mass is 501 g/mol. The fraction of sp³-hybridized carbons (Fsp3) is 0.400. The zero-order valence-electron chi connectivity index (χ0n) is 20.4. The van der Waals surface area contributed by atoms with Crippen molar-refractivity contribution in [2.45, 2.75) is 57.1 Å². The van der Waals surface area contributed by atoms with E-state index < -0.39 is 34.4 Å². The summed E-state index contributed by atoms with van der Waals surface area (Å²) < 4.78 is 31.8. The van der Waals surface area contributed by atoms with Crippen molar-refractivity contribution >= 4 is 27.7 Å². The van der Waals surface area contributed by atoms with Crippen LogP contribution in [0.25, 0.3) is 0 Å². The summed E-state index contributed by atoms with van der Waals surface area (Å²) in [5, 5.41) is 2.90. The molecule has 1 heterocycles. The molecule has 0 aromatic heterocycles. The van der Waals surface area contributed by atoms with E-state index in [0.29, 0.717) is 28.5 Å². The highest BCUT2D eigenvalue weighted by atomic mass is 32.2. The van der Waals surface area contributed by atoms with E-state index >= 15 is 0 Å².